The molecule has 2 fully saturated rings. The van der Waals surface area contributed by atoms with Crippen LogP contribution in [0.15, 0.2) is 30.5 Å². The lowest BCUT2D eigenvalue weighted by atomic mass is 10.1. The summed E-state index contributed by atoms with van der Waals surface area (Å²) in [7, 11) is 1.71. The van der Waals surface area contributed by atoms with Gasteiger partial charge in [-0.1, -0.05) is 0 Å². The first kappa shape index (κ1) is 21.4. The molecule has 2 aliphatic heterocycles. The number of rotatable bonds is 6. The van der Waals surface area contributed by atoms with E-state index < -0.39 is 6.04 Å². The number of methoxy groups -OCH3 is 1. The third-order valence-electron chi connectivity index (χ3n) is 5.79. The van der Waals surface area contributed by atoms with Crippen LogP contribution in [0.25, 0.3) is 10.9 Å². The zero-order chi connectivity index (χ0) is 21.8. The van der Waals surface area contributed by atoms with Gasteiger partial charge in [-0.05, 0) is 37.1 Å². The van der Waals surface area contributed by atoms with Crippen LogP contribution < -0.4 is 10.2 Å². The fourth-order valence-corrected chi connectivity index (χ4v) is 5.30. The second-order valence-electron chi connectivity index (χ2n) is 7.70. The molecule has 2 saturated heterocycles. The van der Waals surface area contributed by atoms with E-state index in [9.17, 15) is 9.59 Å². The van der Waals surface area contributed by atoms with E-state index in [0.717, 1.165) is 36.0 Å². The summed E-state index contributed by atoms with van der Waals surface area (Å²) in [5.74, 6) is 0.512. The minimum Gasteiger partial charge on any atom is -0.383 e. The summed E-state index contributed by atoms with van der Waals surface area (Å²) in [6.07, 6.45) is 3.78. The van der Waals surface area contributed by atoms with Crippen LogP contribution >= 0.6 is 11.8 Å². The number of nitrogens with zero attached hydrogens (tertiary/aromatic N) is 4. The minimum absolute atomic E-state index is 0.136. The maximum absolute atomic E-state index is 12.9. The van der Waals surface area contributed by atoms with Crippen LogP contribution in [0.5, 0.6) is 0 Å². The number of nitriles is 1. The van der Waals surface area contributed by atoms with Gasteiger partial charge in [0.2, 0.25) is 5.91 Å². The van der Waals surface area contributed by atoms with Crippen molar-refractivity contribution in [3.63, 3.8) is 0 Å². The van der Waals surface area contributed by atoms with Crippen LogP contribution in [0.2, 0.25) is 0 Å². The Hall–Kier alpha value is -2.83. The monoisotopic (exact) mass is 439 g/mol. The van der Waals surface area contributed by atoms with Gasteiger partial charge in [-0.2, -0.15) is 5.26 Å². The first-order chi connectivity index (χ1) is 15.1. The van der Waals surface area contributed by atoms with Crippen molar-refractivity contribution < 1.29 is 14.3 Å². The number of fused-ring (bicyclic) bond motifs is 1. The average Bonchev–Trinajstić information content (AvgIpc) is 3.46. The van der Waals surface area contributed by atoms with Gasteiger partial charge in [-0.25, -0.2) is 0 Å². The third-order valence-corrected chi connectivity index (χ3v) is 6.80. The molecule has 2 amide bonds. The van der Waals surface area contributed by atoms with Crippen molar-refractivity contribution in [2.75, 3.05) is 43.3 Å². The molecule has 2 aliphatic rings. The highest BCUT2D eigenvalue weighted by Crippen LogP contribution is 2.29. The quantitative estimate of drug-likeness (QED) is 0.735. The molecule has 0 spiro atoms. The van der Waals surface area contributed by atoms with Crippen LogP contribution in [0.3, 0.4) is 0 Å². The van der Waals surface area contributed by atoms with Crippen molar-refractivity contribution >= 4 is 40.2 Å². The van der Waals surface area contributed by atoms with Gasteiger partial charge in [0.1, 0.15) is 6.04 Å². The molecule has 1 aromatic heterocycles. The molecule has 162 valence electrons. The highest BCUT2D eigenvalue weighted by Gasteiger charge is 2.29. The molecule has 0 bridgehead atoms. The van der Waals surface area contributed by atoms with E-state index in [1.807, 2.05) is 18.2 Å². The smallest absolute Gasteiger partial charge is 0.252 e. The van der Waals surface area contributed by atoms with Crippen LogP contribution in [0.1, 0.15) is 23.2 Å². The standard InChI is InChI=1S/C22H25N5O3S/c1-30-12-16-3-2-8-26(16)15-4-5-20-19(9-15)18(6-7-24-20)22(29)25-11-21(28)27-14-31-13-17(27)10-23/h4-7,9,16-17H,2-3,8,11-14H2,1H3,(H,25,29)/t16-,17+/m0/s1. The second kappa shape index (κ2) is 9.54. The molecule has 0 saturated carbocycles. The van der Waals surface area contributed by atoms with Crippen LogP contribution in [0.4, 0.5) is 5.69 Å². The number of carbonyl (C=O) groups excluding carboxylic acids is 2. The second-order valence-corrected chi connectivity index (χ2v) is 8.70. The van der Waals surface area contributed by atoms with Crippen LogP contribution in [-0.4, -0.2) is 72.2 Å². The van der Waals surface area contributed by atoms with Crippen molar-refractivity contribution in [1.82, 2.24) is 15.2 Å². The Morgan fingerprint density at radius 2 is 2.26 bits per heavy atom. The summed E-state index contributed by atoms with van der Waals surface area (Å²) in [5, 5.41) is 12.6. The van der Waals surface area contributed by atoms with Crippen LogP contribution in [0, 0.1) is 11.3 Å². The van der Waals surface area contributed by atoms with E-state index in [2.05, 4.69) is 21.3 Å². The number of pyridine rings is 1. The van der Waals surface area contributed by atoms with E-state index in [1.54, 1.807) is 31.1 Å². The lowest BCUT2D eigenvalue weighted by Gasteiger charge is -2.26. The number of amides is 2. The lowest BCUT2D eigenvalue weighted by molar-refractivity contribution is -0.129. The lowest BCUT2D eigenvalue weighted by Crippen LogP contribution is -2.42. The fraction of sp³-hybridized carbons (Fsp3) is 0.455. The van der Waals surface area contributed by atoms with E-state index in [0.29, 0.717) is 29.8 Å². The summed E-state index contributed by atoms with van der Waals surface area (Å²) >= 11 is 1.54. The number of thioether (sulfide) groups is 1. The highest BCUT2D eigenvalue weighted by molar-refractivity contribution is 7.99. The molecule has 1 aromatic carbocycles. The van der Waals surface area contributed by atoms with Crippen molar-refractivity contribution in [2.45, 2.75) is 24.9 Å². The molecule has 8 nitrogen and oxygen atoms in total. The van der Waals surface area contributed by atoms with Crippen molar-refractivity contribution in [3.8, 4) is 6.07 Å². The van der Waals surface area contributed by atoms with Crippen molar-refractivity contribution in [2.24, 2.45) is 0 Å². The van der Waals surface area contributed by atoms with Gasteiger partial charge in [0.05, 0.1) is 42.2 Å². The summed E-state index contributed by atoms with van der Waals surface area (Å²) in [5.41, 5.74) is 2.25. The first-order valence-electron chi connectivity index (χ1n) is 10.3. The highest BCUT2D eigenvalue weighted by atomic mass is 32.2. The maximum Gasteiger partial charge on any atom is 0.252 e. The molecule has 2 aromatic rings. The molecule has 0 radical (unpaired) electrons. The molecule has 9 heteroatoms. The molecule has 1 N–H and O–H groups in total. The average molecular weight is 440 g/mol. The summed E-state index contributed by atoms with van der Waals surface area (Å²) in [4.78, 5) is 33.6. The predicted molar refractivity (Wildman–Crippen MR) is 120 cm³/mol. The van der Waals surface area contributed by atoms with E-state index >= 15 is 0 Å². The zero-order valence-electron chi connectivity index (χ0n) is 17.4. The Bertz CT molecular complexity index is 1020. The first-order valence-corrected chi connectivity index (χ1v) is 11.5. The van der Waals surface area contributed by atoms with E-state index in [-0.39, 0.29) is 18.4 Å². The number of carbonyl (C=O) groups is 2. The molecule has 0 unspecified atom stereocenters. The topological polar surface area (TPSA) is 98.6 Å². The third kappa shape index (κ3) is 4.45. The van der Waals surface area contributed by atoms with Gasteiger partial charge in [0, 0.05) is 36.7 Å². The molecule has 2 atom stereocenters. The maximum atomic E-state index is 12.9. The van der Waals surface area contributed by atoms with E-state index in [4.69, 9.17) is 10.00 Å². The van der Waals surface area contributed by atoms with Gasteiger partial charge in [0.25, 0.3) is 5.91 Å². The summed E-state index contributed by atoms with van der Waals surface area (Å²) in [6.45, 7) is 1.48. The molecule has 4 rings (SSSR count). The number of ether oxygens (including phenoxy) is 1. The number of hydrogen-bond donors (Lipinski definition) is 1. The fourth-order valence-electron chi connectivity index (χ4n) is 4.20. The Morgan fingerprint density at radius 1 is 1.39 bits per heavy atom. The van der Waals surface area contributed by atoms with Gasteiger partial charge in [-0.3, -0.25) is 14.6 Å². The Morgan fingerprint density at radius 3 is 3.06 bits per heavy atom. The molecular formula is C22H25N5O3S. The van der Waals surface area contributed by atoms with Gasteiger partial charge in [0.15, 0.2) is 0 Å². The number of benzene rings is 1. The van der Waals surface area contributed by atoms with Gasteiger partial charge >= 0.3 is 0 Å². The van der Waals surface area contributed by atoms with Crippen molar-refractivity contribution in [1.29, 1.82) is 5.26 Å². The van der Waals surface area contributed by atoms with Gasteiger partial charge < -0.3 is 19.9 Å². The summed E-state index contributed by atoms with van der Waals surface area (Å²) in [6, 6.07) is 9.64. The van der Waals surface area contributed by atoms with Gasteiger partial charge in [-0.15, -0.1) is 11.8 Å². The number of aromatic nitrogens is 1. The van der Waals surface area contributed by atoms with E-state index in [1.165, 1.54) is 4.90 Å². The Balaban J connectivity index is 1.52. The molecular weight excluding hydrogens is 414 g/mol. The molecule has 3 heterocycles. The van der Waals surface area contributed by atoms with Crippen molar-refractivity contribution in [3.05, 3.63) is 36.0 Å². The SMILES string of the molecule is COC[C@@H]1CCCN1c1ccc2nccc(C(=O)NCC(=O)N3CSC[C@H]3C#N)c2c1. The largest absolute Gasteiger partial charge is 0.383 e. The zero-order valence-corrected chi connectivity index (χ0v) is 18.2. The normalized spacial score (nSPS) is 20.8. The number of anilines is 1. The minimum atomic E-state index is -0.431. The summed E-state index contributed by atoms with van der Waals surface area (Å²) < 4.78 is 5.36. The van der Waals surface area contributed by atoms with Crippen LogP contribution in [-0.2, 0) is 9.53 Å². The Kier molecular flexibility index (Phi) is 6.59. The Labute approximate surface area is 185 Å². The molecule has 31 heavy (non-hydrogen) atoms. The number of nitrogens with one attached hydrogen (secondary N) is 1. The predicted octanol–water partition coefficient (Wildman–Crippen LogP) is 2.00. The number of hydrogen-bond acceptors (Lipinski definition) is 7. The molecule has 0 aliphatic carbocycles.